The summed E-state index contributed by atoms with van der Waals surface area (Å²) in [6.45, 7) is 5.71. The first-order chi connectivity index (χ1) is 8.89. The van der Waals surface area contributed by atoms with Crippen molar-refractivity contribution in [2.75, 3.05) is 13.2 Å². The van der Waals surface area contributed by atoms with Crippen LogP contribution in [0.25, 0.3) is 0 Å². The van der Waals surface area contributed by atoms with Crippen LogP contribution in [0.1, 0.15) is 25.8 Å². The lowest BCUT2D eigenvalue weighted by Gasteiger charge is -2.26. The summed E-state index contributed by atoms with van der Waals surface area (Å²) in [5.74, 6) is -1.44. The Kier molecular flexibility index (Phi) is 5.30. The molecular formula is C14H20FNO3. The van der Waals surface area contributed by atoms with E-state index >= 15 is 0 Å². The zero-order valence-corrected chi connectivity index (χ0v) is 11.5. The molecule has 1 aromatic rings. The summed E-state index contributed by atoms with van der Waals surface area (Å²) in [6.07, 6.45) is 0.807. The molecule has 1 unspecified atom stereocenters. The number of hydrogen-bond acceptors (Lipinski definition) is 3. The first kappa shape index (κ1) is 15.4. The fraction of sp³-hybridized carbons (Fsp3) is 0.500. The maximum Gasteiger partial charge on any atom is 0.327 e. The van der Waals surface area contributed by atoms with Crippen LogP contribution >= 0.6 is 0 Å². The fourth-order valence-electron chi connectivity index (χ4n) is 1.53. The predicted molar refractivity (Wildman–Crippen MR) is 71.0 cm³/mol. The second kappa shape index (κ2) is 6.52. The van der Waals surface area contributed by atoms with E-state index in [0.29, 0.717) is 6.54 Å². The van der Waals surface area contributed by atoms with Gasteiger partial charge in [0.1, 0.15) is 12.1 Å². The number of carbonyl (C=O) groups is 1. The van der Waals surface area contributed by atoms with Crippen LogP contribution in [0.15, 0.2) is 18.2 Å². The van der Waals surface area contributed by atoms with Crippen molar-refractivity contribution >= 4 is 5.97 Å². The number of nitrogens with one attached hydrogen (secondary N) is 1. The van der Waals surface area contributed by atoms with Gasteiger partial charge in [0, 0.05) is 0 Å². The van der Waals surface area contributed by atoms with E-state index in [2.05, 4.69) is 5.32 Å². The van der Waals surface area contributed by atoms with Gasteiger partial charge in [0.25, 0.3) is 0 Å². The summed E-state index contributed by atoms with van der Waals surface area (Å²) < 4.78 is 18.8. The lowest BCUT2D eigenvalue weighted by molar-refractivity contribution is -0.145. The molecule has 1 atom stereocenters. The van der Waals surface area contributed by atoms with Crippen molar-refractivity contribution < 1.29 is 19.0 Å². The molecule has 0 aliphatic rings. The smallest absolute Gasteiger partial charge is 0.327 e. The Bertz CT molecular complexity index is 450. The van der Waals surface area contributed by atoms with Crippen LogP contribution in [0.2, 0.25) is 0 Å². The Balaban J connectivity index is 2.76. The number of halogens is 1. The summed E-state index contributed by atoms with van der Waals surface area (Å²) in [4.78, 5) is 11.3. The highest BCUT2D eigenvalue weighted by Gasteiger charge is 2.33. The minimum absolute atomic E-state index is 0.0748. The fourth-order valence-corrected chi connectivity index (χ4v) is 1.53. The number of hydrogen-bond donors (Lipinski definition) is 2. The molecule has 0 aliphatic heterocycles. The number of rotatable bonds is 7. The Morgan fingerprint density at radius 1 is 1.53 bits per heavy atom. The number of aryl methyl sites for hydroxylation is 1. The van der Waals surface area contributed by atoms with Crippen molar-refractivity contribution in [1.82, 2.24) is 5.32 Å². The first-order valence-electron chi connectivity index (χ1n) is 6.26. The number of carboxylic acid groups (broad SMARTS) is 1. The van der Waals surface area contributed by atoms with Gasteiger partial charge < -0.3 is 9.84 Å². The highest BCUT2D eigenvalue weighted by Crippen LogP contribution is 2.20. The zero-order valence-electron chi connectivity index (χ0n) is 11.5. The van der Waals surface area contributed by atoms with Crippen molar-refractivity contribution in [2.24, 2.45) is 0 Å². The highest BCUT2D eigenvalue weighted by molar-refractivity contribution is 5.78. The third kappa shape index (κ3) is 4.21. The van der Waals surface area contributed by atoms with E-state index in [-0.39, 0.29) is 12.4 Å². The number of aliphatic carboxylic acids is 1. The molecule has 0 aromatic heterocycles. The van der Waals surface area contributed by atoms with Crippen molar-refractivity contribution in [1.29, 1.82) is 0 Å². The maximum absolute atomic E-state index is 13.5. The van der Waals surface area contributed by atoms with Gasteiger partial charge in [0.15, 0.2) is 11.6 Å². The number of benzene rings is 1. The second-order valence-electron chi connectivity index (χ2n) is 4.79. The Morgan fingerprint density at radius 2 is 2.21 bits per heavy atom. The molecule has 0 saturated carbocycles. The van der Waals surface area contributed by atoms with Gasteiger partial charge in [-0.1, -0.05) is 13.0 Å². The van der Waals surface area contributed by atoms with Gasteiger partial charge in [-0.05, 0) is 44.5 Å². The zero-order chi connectivity index (χ0) is 14.5. The average Bonchev–Trinajstić information content (AvgIpc) is 2.37. The molecule has 1 rings (SSSR count). The van der Waals surface area contributed by atoms with E-state index in [1.165, 1.54) is 13.0 Å². The standard InChI is InChI=1S/C14H20FNO3/c1-4-7-16-14(3,13(17)18)9-19-12-8-10(2)5-6-11(12)15/h5-6,8,16H,4,7,9H2,1-3H3,(H,17,18). The van der Waals surface area contributed by atoms with Gasteiger partial charge in [-0.3, -0.25) is 10.1 Å². The molecule has 0 amide bonds. The van der Waals surface area contributed by atoms with Crippen molar-refractivity contribution in [3.8, 4) is 5.75 Å². The van der Waals surface area contributed by atoms with Crippen LogP contribution < -0.4 is 10.1 Å². The largest absolute Gasteiger partial charge is 0.488 e. The molecular weight excluding hydrogens is 249 g/mol. The van der Waals surface area contributed by atoms with Gasteiger partial charge >= 0.3 is 5.97 Å². The van der Waals surface area contributed by atoms with E-state index in [0.717, 1.165) is 12.0 Å². The predicted octanol–water partition coefficient (Wildman–Crippen LogP) is 2.36. The molecule has 0 bridgehead atoms. The van der Waals surface area contributed by atoms with Crippen LogP contribution in [-0.2, 0) is 4.79 Å². The molecule has 0 radical (unpaired) electrons. The summed E-state index contributed by atoms with van der Waals surface area (Å²) in [7, 11) is 0. The van der Waals surface area contributed by atoms with Crippen molar-refractivity contribution in [2.45, 2.75) is 32.7 Å². The van der Waals surface area contributed by atoms with Crippen LogP contribution in [-0.4, -0.2) is 29.8 Å². The molecule has 0 saturated heterocycles. The minimum atomic E-state index is -1.23. The first-order valence-corrected chi connectivity index (χ1v) is 6.26. The summed E-state index contributed by atoms with van der Waals surface area (Å²) >= 11 is 0. The van der Waals surface area contributed by atoms with Crippen molar-refractivity contribution in [3.05, 3.63) is 29.6 Å². The molecule has 0 fully saturated rings. The van der Waals surface area contributed by atoms with E-state index < -0.39 is 17.3 Å². The van der Waals surface area contributed by atoms with E-state index in [1.807, 2.05) is 13.8 Å². The highest BCUT2D eigenvalue weighted by atomic mass is 19.1. The normalized spacial score (nSPS) is 13.9. The van der Waals surface area contributed by atoms with Crippen LogP contribution in [0, 0.1) is 12.7 Å². The van der Waals surface area contributed by atoms with Gasteiger partial charge in [0.05, 0.1) is 0 Å². The van der Waals surface area contributed by atoms with Gasteiger partial charge in [-0.15, -0.1) is 0 Å². The molecule has 1 aromatic carbocycles. The van der Waals surface area contributed by atoms with Crippen LogP contribution in [0.3, 0.4) is 0 Å². The molecule has 5 heteroatoms. The Morgan fingerprint density at radius 3 is 2.79 bits per heavy atom. The quantitative estimate of drug-likeness (QED) is 0.797. The molecule has 4 nitrogen and oxygen atoms in total. The lowest BCUT2D eigenvalue weighted by atomic mass is 10.0. The Hall–Kier alpha value is -1.62. The van der Waals surface area contributed by atoms with Crippen LogP contribution in [0.5, 0.6) is 5.75 Å². The van der Waals surface area contributed by atoms with Crippen LogP contribution in [0.4, 0.5) is 4.39 Å². The topological polar surface area (TPSA) is 58.6 Å². The monoisotopic (exact) mass is 269 g/mol. The average molecular weight is 269 g/mol. The second-order valence-corrected chi connectivity index (χ2v) is 4.79. The molecule has 19 heavy (non-hydrogen) atoms. The lowest BCUT2D eigenvalue weighted by Crippen LogP contribution is -2.54. The van der Waals surface area contributed by atoms with E-state index in [1.54, 1.807) is 12.1 Å². The molecule has 2 N–H and O–H groups in total. The molecule has 0 heterocycles. The van der Waals surface area contributed by atoms with E-state index in [4.69, 9.17) is 4.74 Å². The molecule has 0 spiro atoms. The third-order valence-electron chi connectivity index (χ3n) is 2.84. The number of ether oxygens (including phenoxy) is 1. The number of carboxylic acids is 1. The van der Waals surface area contributed by atoms with Gasteiger partial charge in [-0.25, -0.2) is 4.39 Å². The van der Waals surface area contributed by atoms with Gasteiger partial charge in [0.2, 0.25) is 0 Å². The minimum Gasteiger partial charge on any atom is -0.488 e. The van der Waals surface area contributed by atoms with Crippen molar-refractivity contribution in [3.63, 3.8) is 0 Å². The third-order valence-corrected chi connectivity index (χ3v) is 2.84. The Labute approximate surface area is 112 Å². The SMILES string of the molecule is CCCNC(C)(COc1cc(C)ccc1F)C(=O)O. The summed E-state index contributed by atoms with van der Waals surface area (Å²) in [5.41, 5.74) is -0.374. The molecule has 106 valence electrons. The summed E-state index contributed by atoms with van der Waals surface area (Å²) in [5, 5.41) is 12.1. The molecule has 0 aliphatic carbocycles. The maximum atomic E-state index is 13.5. The summed E-state index contributed by atoms with van der Waals surface area (Å²) in [6, 6.07) is 4.49. The van der Waals surface area contributed by atoms with E-state index in [9.17, 15) is 14.3 Å². The van der Waals surface area contributed by atoms with Gasteiger partial charge in [-0.2, -0.15) is 0 Å².